The first-order valence-electron chi connectivity index (χ1n) is 7.81. The summed E-state index contributed by atoms with van der Waals surface area (Å²) in [5.74, 6) is -0.0914. The number of esters is 1. The van der Waals surface area contributed by atoms with Gasteiger partial charge in [-0.05, 0) is 30.3 Å². The highest BCUT2D eigenvalue weighted by molar-refractivity contribution is 6.32. The van der Waals surface area contributed by atoms with Gasteiger partial charge < -0.3 is 9.15 Å². The van der Waals surface area contributed by atoms with Crippen LogP contribution in [0.4, 0.5) is 0 Å². The predicted molar refractivity (Wildman–Crippen MR) is 99.8 cm³/mol. The highest BCUT2D eigenvalue weighted by Gasteiger charge is 2.15. The largest absolute Gasteiger partial charge is 0.465 e. The van der Waals surface area contributed by atoms with Crippen molar-refractivity contribution >= 4 is 29.7 Å². The number of ether oxygens (including phenoxy) is 1. The van der Waals surface area contributed by atoms with Crippen molar-refractivity contribution in [2.24, 2.45) is 5.10 Å². The molecule has 7 nitrogen and oxygen atoms in total. The van der Waals surface area contributed by atoms with Crippen molar-refractivity contribution in [1.82, 2.24) is 10.4 Å². The summed E-state index contributed by atoms with van der Waals surface area (Å²) in [4.78, 5) is 27.7. The van der Waals surface area contributed by atoms with Gasteiger partial charge in [0.2, 0.25) is 0 Å². The second-order valence-corrected chi connectivity index (χ2v) is 5.64. The van der Waals surface area contributed by atoms with Crippen molar-refractivity contribution in [3.63, 3.8) is 0 Å². The van der Waals surface area contributed by atoms with Gasteiger partial charge in [-0.25, -0.2) is 15.2 Å². The summed E-state index contributed by atoms with van der Waals surface area (Å²) in [5, 5.41) is 3.93. The zero-order valence-electron chi connectivity index (χ0n) is 14.2. The smallest absolute Gasteiger partial charge is 0.338 e. The van der Waals surface area contributed by atoms with Crippen LogP contribution >= 0.6 is 11.6 Å². The zero-order valence-corrected chi connectivity index (χ0v) is 14.9. The standard InChI is InChI=1S/C19H14ClN3O4/c1-26-19(25)14-6-3-2-5-13(14)16-9-8-12(27-16)11-22-23-18(24)15-7-4-10-21-17(15)20/h2-11H,1H3,(H,23,24). The molecule has 0 bridgehead atoms. The van der Waals surface area contributed by atoms with Gasteiger partial charge in [0, 0.05) is 11.8 Å². The summed E-state index contributed by atoms with van der Waals surface area (Å²) in [6, 6.07) is 13.4. The maximum atomic E-state index is 12.0. The van der Waals surface area contributed by atoms with Gasteiger partial charge in [0.25, 0.3) is 5.91 Å². The Morgan fingerprint density at radius 2 is 1.93 bits per heavy atom. The third kappa shape index (κ3) is 4.21. The van der Waals surface area contributed by atoms with E-state index in [2.05, 4.69) is 15.5 Å². The van der Waals surface area contributed by atoms with E-state index < -0.39 is 11.9 Å². The number of aromatic nitrogens is 1. The van der Waals surface area contributed by atoms with Gasteiger partial charge in [-0.3, -0.25) is 4.79 Å². The molecular formula is C19H14ClN3O4. The molecule has 2 heterocycles. The van der Waals surface area contributed by atoms with Crippen LogP contribution in [0.2, 0.25) is 5.15 Å². The number of carbonyl (C=O) groups is 2. The van der Waals surface area contributed by atoms with E-state index in [-0.39, 0.29) is 10.7 Å². The van der Waals surface area contributed by atoms with Crippen LogP contribution in [0, 0.1) is 0 Å². The number of carbonyl (C=O) groups excluding carboxylic acids is 2. The van der Waals surface area contributed by atoms with Gasteiger partial charge in [0.05, 0.1) is 24.5 Å². The van der Waals surface area contributed by atoms with E-state index >= 15 is 0 Å². The zero-order chi connectivity index (χ0) is 19.2. The van der Waals surface area contributed by atoms with Gasteiger partial charge in [-0.2, -0.15) is 5.10 Å². The average molecular weight is 384 g/mol. The van der Waals surface area contributed by atoms with Gasteiger partial charge >= 0.3 is 5.97 Å². The molecule has 1 amide bonds. The predicted octanol–water partition coefficient (Wildman–Crippen LogP) is 3.55. The molecule has 27 heavy (non-hydrogen) atoms. The number of amides is 1. The van der Waals surface area contributed by atoms with Gasteiger partial charge in [-0.1, -0.05) is 29.8 Å². The number of nitrogens with one attached hydrogen (secondary N) is 1. The lowest BCUT2D eigenvalue weighted by Gasteiger charge is -2.04. The SMILES string of the molecule is COC(=O)c1ccccc1-c1ccc(C=NNC(=O)c2cccnc2Cl)o1. The number of halogens is 1. The Kier molecular flexibility index (Phi) is 5.63. The van der Waals surface area contributed by atoms with Crippen LogP contribution in [0.3, 0.4) is 0 Å². The Morgan fingerprint density at radius 1 is 1.15 bits per heavy atom. The molecule has 0 saturated carbocycles. The molecule has 0 aliphatic carbocycles. The van der Waals surface area contributed by atoms with E-state index in [0.717, 1.165) is 0 Å². The van der Waals surface area contributed by atoms with E-state index in [9.17, 15) is 9.59 Å². The van der Waals surface area contributed by atoms with Crippen molar-refractivity contribution in [1.29, 1.82) is 0 Å². The molecule has 0 saturated heterocycles. The molecule has 136 valence electrons. The number of benzene rings is 1. The Balaban J connectivity index is 1.74. The molecule has 3 rings (SSSR count). The first-order valence-corrected chi connectivity index (χ1v) is 8.19. The minimum absolute atomic E-state index is 0.0879. The highest BCUT2D eigenvalue weighted by Crippen LogP contribution is 2.26. The Hall–Kier alpha value is -3.45. The lowest BCUT2D eigenvalue weighted by molar-refractivity contribution is 0.0601. The first kappa shape index (κ1) is 18.3. The fourth-order valence-electron chi connectivity index (χ4n) is 2.32. The van der Waals surface area contributed by atoms with E-state index in [1.165, 1.54) is 25.6 Å². The molecule has 0 atom stereocenters. The van der Waals surface area contributed by atoms with Crippen molar-refractivity contribution in [2.45, 2.75) is 0 Å². The monoisotopic (exact) mass is 383 g/mol. The van der Waals surface area contributed by atoms with Gasteiger partial charge in [0.1, 0.15) is 16.7 Å². The number of hydrogen-bond donors (Lipinski definition) is 1. The number of hydrazone groups is 1. The lowest BCUT2D eigenvalue weighted by Crippen LogP contribution is -2.18. The fourth-order valence-corrected chi connectivity index (χ4v) is 2.53. The molecule has 8 heteroatoms. The minimum Gasteiger partial charge on any atom is -0.465 e. The van der Waals surface area contributed by atoms with E-state index in [1.807, 2.05) is 0 Å². The molecule has 0 spiro atoms. The Labute approximate surface area is 159 Å². The molecule has 0 radical (unpaired) electrons. The summed E-state index contributed by atoms with van der Waals surface area (Å²) >= 11 is 5.86. The molecular weight excluding hydrogens is 370 g/mol. The average Bonchev–Trinajstić information content (AvgIpc) is 3.16. The molecule has 0 aliphatic rings. The normalized spacial score (nSPS) is 10.7. The lowest BCUT2D eigenvalue weighted by atomic mass is 10.1. The van der Waals surface area contributed by atoms with Gasteiger partial charge in [-0.15, -0.1) is 0 Å². The molecule has 0 aliphatic heterocycles. The number of furan rings is 1. The van der Waals surface area contributed by atoms with Gasteiger partial charge in [0.15, 0.2) is 0 Å². The number of rotatable bonds is 5. The molecule has 1 N–H and O–H groups in total. The summed E-state index contributed by atoms with van der Waals surface area (Å²) in [6.07, 6.45) is 2.82. The Morgan fingerprint density at radius 3 is 2.70 bits per heavy atom. The second kappa shape index (κ2) is 8.29. The van der Waals surface area contributed by atoms with E-state index in [0.29, 0.717) is 22.6 Å². The van der Waals surface area contributed by atoms with Crippen molar-refractivity contribution in [2.75, 3.05) is 7.11 Å². The number of hydrogen-bond acceptors (Lipinski definition) is 6. The fraction of sp³-hybridized carbons (Fsp3) is 0.0526. The van der Waals surface area contributed by atoms with E-state index in [1.54, 1.807) is 42.5 Å². The molecule has 1 aromatic carbocycles. The van der Waals surface area contributed by atoms with Crippen LogP contribution in [-0.4, -0.2) is 30.2 Å². The Bertz CT molecular complexity index is 1010. The third-order valence-corrected chi connectivity index (χ3v) is 3.89. The van der Waals surface area contributed by atoms with Crippen LogP contribution in [-0.2, 0) is 4.74 Å². The van der Waals surface area contributed by atoms with Crippen LogP contribution in [0.5, 0.6) is 0 Å². The first-order chi connectivity index (χ1) is 13.1. The molecule has 2 aromatic heterocycles. The minimum atomic E-state index is -0.493. The quantitative estimate of drug-likeness (QED) is 0.315. The summed E-state index contributed by atoms with van der Waals surface area (Å²) in [7, 11) is 1.32. The topological polar surface area (TPSA) is 93.8 Å². The number of methoxy groups -OCH3 is 1. The van der Waals surface area contributed by atoms with Crippen LogP contribution in [0.1, 0.15) is 26.5 Å². The van der Waals surface area contributed by atoms with Crippen molar-refractivity contribution in [3.8, 4) is 11.3 Å². The second-order valence-electron chi connectivity index (χ2n) is 5.28. The summed E-state index contributed by atoms with van der Waals surface area (Å²) < 4.78 is 10.4. The van der Waals surface area contributed by atoms with Crippen LogP contribution in [0.15, 0.2) is 64.2 Å². The third-order valence-electron chi connectivity index (χ3n) is 3.59. The molecule has 0 fully saturated rings. The maximum absolute atomic E-state index is 12.0. The number of nitrogens with zero attached hydrogens (tertiary/aromatic N) is 2. The highest BCUT2D eigenvalue weighted by atomic mass is 35.5. The maximum Gasteiger partial charge on any atom is 0.338 e. The van der Waals surface area contributed by atoms with Crippen LogP contribution < -0.4 is 5.43 Å². The van der Waals surface area contributed by atoms with Crippen molar-refractivity contribution in [3.05, 3.63) is 76.8 Å². The molecule has 0 unspecified atom stereocenters. The number of pyridine rings is 1. The summed E-state index contributed by atoms with van der Waals surface area (Å²) in [5.41, 5.74) is 3.54. The van der Waals surface area contributed by atoms with E-state index in [4.69, 9.17) is 20.8 Å². The molecule has 3 aromatic rings. The van der Waals surface area contributed by atoms with Crippen LogP contribution in [0.25, 0.3) is 11.3 Å². The van der Waals surface area contributed by atoms with Crippen molar-refractivity contribution < 1.29 is 18.7 Å². The summed E-state index contributed by atoms with van der Waals surface area (Å²) in [6.45, 7) is 0.